The van der Waals surface area contributed by atoms with Crippen LogP contribution in [0.25, 0.3) is 5.69 Å². The molecule has 0 aliphatic heterocycles. The minimum atomic E-state index is -4.48. The van der Waals surface area contributed by atoms with E-state index in [1.165, 1.54) is 6.07 Å². The van der Waals surface area contributed by atoms with Crippen LogP contribution in [0.1, 0.15) is 5.69 Å². The van der Waals surface area contributed by atoms with Crippen LogP contribution in [0.15, 0.2) is 42.7 Å². The first kappa shape index (κ1) is 11.9. The molecule has 6 heteroatoms. The van der Waals surface area contributed by atoms with Crippen molar-refractivity contribution in [2.45, 2.75) is 6.18 Å². The average molecular weight is 260 g/mol. The summed E-state index contributed by atoms with van der Waals surface area (Å²) in [7, 11) is 0. The van der Waals surface area contributed by atoms with E-state index in [1.54, 1.807) is 35.2 Å². The van der Waals surface area contributed by atoms with Crippen molar-refractivity contribution in [3.05, 3.63) is 53.6 Å². The summed E-state index contributed by atoms with van der Waals surface area (Å²) in [5.74, 6) is 0. The number of hydrogen-bond donors (Lipinski definition) is 0. The van der Waals surface area contributed by atoms with E-state index < -0.39 is 11.9 Å². The third-order valence-electron chi connectivity index (χ3n) is 2.11. The molecule has 0 fully saturated rings. The zero-order valence-corrected chi connectivity index (χ0v) is 9.20. The molecule has 2 rings (SSSR count). The molecular formula is C11H7ClF3N2+. The Kier molecular flexibility index (Phi) is 3.02. The largest absolute Gasteiger partial charge is 0.433 e. The molecule has 2 nitrogen and oxygen atoms in total. The predicted octanol–water partition coefficient (Wildman–Crippen LogP) is 3.03. The monoisotopic (exact) mass is 259 g/mol. The molecule has 0 aliphatic rings. The smallest absolute Gasteiger partial charge is 0.225 e. The molecular weight excluding hydrogens is 253 g/mol. The molecule has 2 aromatic heterocycles. The van der Waals surface area contributed by atoms with Crippen molar-refractivity contribution >= 4 is 11.6 Å². The molecule has 0 amide bonds. The van der Waals surface area contributed by atoms with Crippen molar-refractivity contribution < 1.29 is 17.7 Å². The maximum absolute atomic E-state index is 12.4. The Morgan fingerprint density at radius 2 is 1.71 bits per heavy atom. The summed E-state index contributed by atoms with van der Waals surface area (Å²) in [5, 5.41) is -0.184. The average Bonchev–Trinajstić information content (AvgIpc) is 2.29. The number of nitrogens with zero attached hydrogens (tertiary/aromatic N) is 2. The fraction of sp³-hybridized carbons (Fsp3) is 0.0909. The van der Waals surface area contributed by atoms with Gasteiger partial charge in [0.25, 0.3) is 0 Å². The van der Waals surface area contributed by atoms with E-state index >= 15 is 0 Å². The molecule has 0 aromatic carbocycles. The summed E-state index contributed by atoms with van der Waals surface area (Å²) in [6.07, 6.45) is -1.13. The number of aromatic nitrogens is 2. The van der Waals surface area contributed by atoms with Crippen LogP contribution >= 0.6 is 11.6 Å². The molecule has 0 saturated heterocycles. The number of hydrogen-bond acceptors (Lipinski definition) is 1. The van der Waals surface area contributed by atoms with Gasteiger partial charge in [0.1, 0.15) is 5.69 Å². The Morgan fingerprint density at radius 3 is 2.24 bits per heavy atom. The lowest BCUT2D eigenvalue weighted by molar-refractivity contribution is -0.595. The van der Waals surface area contributed by atoms with Crippen LogP contribution in [0.5, 0.6) is 0 Å². The number of halogens is 4. The van der Waals surface area contributed by atoms with Crippen molar-refractivity contribution in [3.63, 3.8) is 0 Å². The second kappa shape index (κ2) is 4.33. The third-order valence-corrected chi connectivity index (χ3v) is 2.39. The molecule has 0 spiro atoms. The third kappa shape index (κ3) is 2.55. The number of rotatable bonds is 1. The van der Waals surface area contributed by atoms with Crippen molar-refractivity contribution in [2.75, 3.05) is 0 Å². The van der Waals surface area contributed by atoms with Crippen LogP contribution in [0.2, 0.25) is 5.15 Å². The fourth-order valence-corrected chi connectivity index (χ4v) is 1.59. The molecule has 2 aromatic rings. The van der Waals surface area contributed by atoms with Gasteiger partial charge in [-0.2, -0.15) is 17.7 Å². The quantitative estimate of drug-likeness (QED) is 0.568. The lowest BCUT2D eigenvalue weighted by Gasteiger charge is -2.05. The van der Waals surface area contributed by atoms with Crippen molar-refractivity contribution in [3.8, 4) is 5.69 Å². The Morgan fingerprint density at radius 1 is 1.06 bits per heavy atom. The first-order valence-corrected chi connectivity index (χ1v) is 5.07. The molecule has 0 atom stereocenters. The Hall–Kier alpha value is -1.62. The molecule has 17 heavy (non-hydrogen) atoms. The Bertz CT molecular complexity index is 526. The van der Waals surface area contributed by atoms with Gasteiger partial charge in [0.05, 0.1) is 0 Å². The van der Waals surface area contributed by atoms with Crippen LogP contribution in [-0.2, 0) is 6.18 Å². The van der Waals surface area contributed by atoms with Crippen LogP contribution in [-0.4, -0.2) is 4.98 Å². The van der Waals surface area contributed by atoms with E-state index in [0.717, 1.165) is 6.07 Å². The van der Waals surface area contributed by atoms with Crippen molar-refractivity contribution in [2.24, 2.45) is 0 Å². The summed E-state index contributed by atoms with van der Waals surface area (Å²) >= 11 is 5.74. The van der Waals surface area contributed by atoms with Gasteiger partial charge in [0.15, 0.2) is 12.4 Å². The van der Waals surface area contributed by atoms with Crippen molar-refractivity contribution in [1.29, 1.82) is 0 Å². The molecule has 2 heterocycles. The zero-order chi connectivity index (χ0) is 12.5. The highest BCUT2D eigenvalue weighted by Crippen LogP contribution is 2.29. The minimum Gasteiger partial charge on any atom is -0.225 e. The van der Waals surface area contributed by atoms with Gasteiger partial charge in [0.2, 0.25) is 10.8 Å². The molecule has 0 radical (unpaired) electrons. The van der Waals surface area contributed by atoms with Gasteiger partial charge in [-0.1, -0.05) is 17.7 Å². The summed E-state index contributed by atoms with van der Waals surface area (Å²) < 4.78 is 38.7. The van der Waals surface area contributed by atoms with Crippen LogP contribution in [0.4, 0.5) is 13.2 Å². The van der Waals surface area contributed by atoms with Crippen LogP contribution < -0.4 is 4.57 Å². The normalized spacial score (nSPS) is 11.5. The molecule has 88 valence electrons. The zero-order valence-electron chi connectivity index (χ0n) is 8.45. The summed E-state index contributed by atoms with van der Waals surface area (Å²) in [4.78, 5) is 3.34. The second-order valence-corrected chi connectivity index (χ2v) is 3.64. The van der Waals surface area contributed by atoms with Gasteiger partial charge in [-0.05, 0) is 6.07 Å². The van der Waals surface area contributed by atoms with E-state index in [1.807, 2.05) is 0 Å². The summed E-state index contributed by atoms with van der Waals surface area (Å²) in [6.45, 7) is 0. The number of alkyl halides is 3. The van der Waals surface area contributed by atoms with Gasteiger partial charge in [0, 0.05) is 18.2 Å². The Balaban J connectivity index is 2.46. The van der Waals surface area contributed by atoms with E-state index in [-0.39, 0.29) is 5.15 Å². The fourth-order valence-electron chi connectivity index (χ4n) is 1.34. The number of pyridine rings is 2. The standard InChI is InChI=1S/C11H7ClF3N2/c12-10-8(17-6-2-1-3-7-17)4-5-9(16-10)11(13,14)15/h1-7H/q+1. The Labute approximate surface area is 100 Å². The minimum absolute atomic E-state index is 0.184. The molecule has 0 aliphatic carbocycles. The highest BCUT2D eigenvalue weighted by atomic mass is 35.5. The van der Waals surface area contributed by atoms with Gasteiger partial charge >= 0.3 is 6.18 Å². The van der Waals surface area contributed by atoms with Crippen molar-refractivity contribution in [1.82, 2.24) is 4.98 Å². The lowest BCUT2D eigenvalue weighted by Crippen LogP contribution is -2.30. The molecule has 0 bridgehead atoms. The van der Waals surface area contributed by atoms with Gasteiger partial charge < -0.3 is 0 Å². The highest BCUT2D eigenvalue weighted by molar-refractivity contribution is 6.30. The molecule has 0 saturated carbocycles. The predicted molar refractivity (Wildman–Crippen MR) is 55.8 cm³/mol. The maximum atomic E-state index is 12.4. The van der Waals surface area contributed by atoms with Crippen LogP contribution in [0, 0.1) is 0 Å². The molecule has 0 unspecified atom stereocenters. The second-order valence-electron chi connectivity index (χ2n) is 3.29. The van der Waals surface area contributed by atoms with Gasteiger partial charge in [-0.3, -0.25) is 0 Å². The molecule has 0 N–H and O–H groups in total. The van der Waals surface area contributed by atoms with E-state index in [9.17, 15) is 13.2 Å². The van der Waals surface area contributed by atoms with Gasteiger partial charge in [-0.15, -0.1) is 0 Å². The first-order chi connectivity index (χ1) is 7.98. The first-order valence-electron chi connectivity index (χ1n) is 4.69. The SMILES string of the molecule is FC(F)(F)c1ccc(-[n+]2ccccc2)c(Cl)n1. The van der Waals surface area contributed by atoms with Gasteiger partial charge in [-0.25, -0.2) is 4.98 Å². The lowest BCUT2D eigenvalue weighted by atomic mass is 10.3. The van der Waals surface area contributed by atoms with Crippen LogP contribution in [0.3, 0.4) is 0 Å². The summed E-state index contributed by atoms with van der Waals surface area (Å²) in [6, 6.07) is 7.48. The van der Waals surface area contributed by atoms with E-state index in [4.69, 9.17) is 11.6 Å². The van der Waals surface area contributed by atoms with E-state index in [2.05, 4.69) is 4.98 Å². The highest BCUT2D eigenvalue weighted by Gasteiger charge is 2.33. The maximum Gasteiger partial charge on any atom is 0.433 e. The van der Waals surface area contributed by atoms with E-state index in [0.29, 0.717) is 5.69 Å². The topological polar surface area (TPSA) is 16.8 Å². The summed E-state index contributed by atoms with van der Waals surface area (Å²) in [5.41, 5.74) is -0.594.